The minimum atomic E-state index is -0.278. The molecule has 1 aromatic carbocycles. The highest BCUT2D eigenvalue weighted by Gasteiger charge is 2.30. The minimum absolute atomic E-state index is 0.122. The maximum atomic E-state index is 15.3. The Hall–Kier alpha value is -3.17. The van der Waals surface area contributed by atoms with Crippen LogP contribution < -0.4 is 0 Å². The van der Waals surface area contributed by atoms with Gasteiger partial charge >= 0.3 is 6.09 Å². The molecule has 9 heteroatoms. The van der Waals surface area contributed by atoms with E-state index in [1.165, 1.54) is 0 Å². The molecule has 0 aliphatic carbocycles. The third kappa shape index (κ3) is 6.20. The summed E-state index contributed by atoms with van der Waals surface area (Å²) in [6, 6.07) is 6.10. The lowest BCUT2D eigenvalue weighted by Crippen LogP contribution is -2.51. The largest absolute Gasteiger partial charge is 0.441 e. The number of hydrogen-bond donors (Lipinski definition) is 0. The summed E-state index contributed by atoms with van der Waals surface area (Å²) in [6.07, 6.45) is 7.32. The third-order valence-corrected chi connectivity index (χ3v) is 8.14. The molecule has 0 unspecified atom stereocenters. The number of hydrogen-bond acceptors (Lipinski definition) is 7. The van der Waals surface area contributed by atoms with E-state index >= 15 is 4.39 Å². The molecule has 210 valence electrons. The lowest BCUT2D eigenvalue weighted by Gasteiger charge is -2.39. The smallest absolute Gasteiger partial charge is 0.410 e. The van der Waals surface area contributed by atoms with Crippen molar-refractivity contribution in [2.45, 2.75) is 51.7 Å². The average molecular weight is 538 g/mol. The van der Waals surface area contributed by atoms with E-state index in [1.807, 2.05) is 31.3 Å². The van der Waals surface area contributed by atoms with Crippen LogP contribution in [0.5, 0.6) is 0 Å². The number of amides is 1. The molecular formula is C30H40FN5O3. The van der Waals surface area contributed by atoms with Crippen LogP contribution >= 0.6 is 0 Å². The molecule has 3 fully saturated rings. The summed E-state index contributed by atoms with van der Waals surface area (Å²) in [5, 5.41) is 6.23. The zero-order chi connectivity index (χ0) is 27.5. The van der Waals surface area contributed by atoms with Gasteiger partial charge in [0, 0.05) is 51.2 Å². The summed E-state index contributed by atoms with van der Waals surface area (Å²) in [7, 11) is 0. The van der Waals surface area contributed by atoms with E-state index in [0.717, 1.165) is 54.0 Å². The zero-order valence-electron chi connectivity index (χ0n) is 23.3. The maximum Gasteiger partial charge on any atom is 0.410 e. The van der Waals surface area contributed by atoms with E-state index in [2.05, 4.69) is 35.3 Å². The summed E-state index contributed by atoms with van der Waals surface area (Å²) in [5.41, 5.74) is 4.25. The molecule has 0 radical (unpaired) electrons. The Balaban J connectivity index is 1.20. The van der Waals surface area contributed by atoms with Crippen molar-refractivity contribution in [2.24, 2.45) is 5.10 Å². The van der Waals surface area contributed by atoms with Crippen molar-refractivity contribution in [2.75, 3.05) is 52.5 Å². The van der Waals surface area contributed by atoms with Crippen molar-refractivity contribution >= 4 is 17.9 Å². The van der Waals surface area contributed by atoms with Crippen LogP contribution in [0.2, 0.25) is 0 Å². The topological polar surface area (TPSA) is 60.9 Å². The van der Waals surface area contributed by atoms with Crippen LogP contribution in [0.1, 0.15) is 50.7 Å². The first kappa shape index (κ1) is 27.4. The van der Waals surface area contributed by atoms with Gasteiger partial charge in [0.25, 0.3) is 0 Å². The lowest BCUT2D eigenvalue weighted by molar-refractivity contribution is -0.105. The first-order valence-corrected chi connectivity index (χ1v) is 14.0. The minimum Gasteiger partial charge on any atom is -0.441 e. The van der Waals surface area contributed by atoms with Crippen molar-refractivity contribution in [3.63, 3.8) is 0 Å². The highest BCUT2D eigenvalue weighted by atomic mass is 19.1. The molecule has 4 heterocycles. The second kappa shape index (κ2) is 11.9. The van der Waals surface area contributed by atoms with Gasteiger partial charge in [0.05, 0.1) is 24.6 Å². The van der Waals surface area contributed by atoms with Gasteiger partial charge in [-0.15, -0.1) is 0 Å². The van der Waals surface area contributed by atoms with Crippen molar-refractivity contribution < 1.29 is 18.7 Å². The number of allylic oxidation sites excluding steroid dienone is 2. The first-order chi connectivity index (χ1) is 18.8. The number of piperazine rings is 1. The van der Waals surface area contributed by atoms with Crippen molar-refractivity contribution in [1.29, 1.82) is 0 Å². The fourth-order valence-electron chi connectivity index (χ4n) is 5.58. The van der Waals surface area contributed by atoms with Gasteiger partial charge in [-0.2, -0.15) is 5.10 Å². The van der Waals surface area contributed by atoms with E-state index in [-0.39, 0.29) is 23.9 Å². The second-order valence-corrected chi connectivity index (χ2v) is 11.1. The van der Waals surface area contributed by atoms with Crippen LogP contribution in [0.15, 0.2) is 53.5 Å². The van der Waals surface area contributed by atoms with Crippen LogP contribution in [-0.4, -0.2) is 96.6 Å². The standard InChI is InChI=1S/C30H40FN5O3/c1-21(2)35-11-5-6-25(18-35)27-8-7-24(16-28(27)31)22(3)17-36-23(4)29(9-10-32-36)33-12-14-34(15-13-33)30(37)39-26-19-38-20-26/h7-10,16-17,21,25-26H,4-6,11-15,18-20H2,1-3H3/b22-17+/t25-/m0/s1. The van der Waals surface area contributed by atoms with Crippen LogP contribution in [-0.2, 0) is 9.47 Å². The number of hydrazone groups is 1. The quantitative estimate of drug-likeness (QED) is 0.528. The number of rotatable bonds is 6. The predicted octanol–water partition coefficient (Wildman–Crippen LogP) is 4.63. The number of likely N-dealkylation sites (tertiary alicyclic amines) is 1. The second-order valence-electron chi connectivity index (χ2n) is 11.1. The molecule has 4 aliphatic rings. The SMILES string of the molecule is C=C1C(N2CCN(C(=O)OC3COC3)CC2)=CC=NN1/C=C(\C)c1ccc([C@H]2CCCN(C(C)C)C2)c(F)c1. The Morgan fingerprint density at radius 3 is 2.64 bits per heavy atom. The summed E-state index contributed by atoms with van der Waals surface area (Å²) in [4.78, 5) is 18.7. The molecule has 0 aromatic heterocycles. The Morgan fingerprint density at radius 2 is 1.97 bits per heavy atom. The number of halogens is 1. The molecule has 1 amide bonds. The number of piperidine rings is 1. The number of carbonyl (C=O) groups excluding carboxylic acids is 1. The molecular weight excluding hydrogens is 497 g/mol. The Labute approximate surface area is 231 Å². The van der Waals surface area contributed by atoms with Crippen molar-refractivity contribution in [3.05, 3.63) is 65.4 Å². The number of benzene rings is 1. The number of carbonyl (C=O) groups is 1. The molecule has 0 saturated carbocycles. The molecule has 0 spiro atoms. The summed E-state index contributed by atoms with van der Waals surface area (Å²) in [5.74, 6) is 0.0897. The Kier molecular flexibility index (Phi) is 8.37. The predicted molar refractivity (Wildman–Crippen MR) is 151 cm³/mol. The van der Waals surface area contributed by atoms with E-state index in [4.69, 9.17) is 9.47 Å². The number of ether oxygens (including phenoxy) is 2. The van der Waals surface area contributed by atoms with Crippen LogP contribution in [0.25, 0.3) is 5.57 Å². The van der Waals surface area contributed by atoms with Crippen LogP contribution in [0.3, 0.4) is 0 Å². The normalized spacial score (nSPS) is 23.3. The van der Waals surface area contributed by atoms with E-state index in [0.29, 0.717) is 45.4 Å². The van der Waals surface area contributed by atoms with Crippen molar-refractivity contribution in [3.8, 4) is 0 Å². The van der Waals surface area contributed by atoms with Gasteiger partial charge in [-0.1, -0.05) is 18.7 Å². The third-order valence-electron chi connectivity index (χ3n) is 8.14. The van der Waals surface area contributed by atoms with Gasteiger partial charge in [0.1, 0.15) is 5.82 Å². The highest BCUT2D eigenvalue weighted by Crippen LogP contribution is 2.32. The van der Waals surface area contributed by atoms with Gasteiger partial charge in [-0.05, 0) is 74.9 Å². The molecule has 39 heavy (non-hydrogen) atoms. The monoisotopic (exact) mass is 537 g/mol. The molecule has 0 N–H and O–H groups in total. The van der Waals surface area contributed by atoms with Crippen molar-refractivity contribution in [1.82, 2.24) is 19.7 Å². The fraction of sp³-hybridized carbons (Fsp3) is 0.533. The van der Waals surface area contributed by atoms with Gasteiger partial charge in [-0.3, -0.25) is 0 Å². The first-order valence-electron chi connectivity index (χ1n) is 14.0. The average Bonchev–Trinajstić information content (AvgIpc) is 2.92. The molecule has 0 bridgehead atoms. The van der Waals surface area contributed by atoms with Gasteiger partial charge in [0.2, 0.25) is 0 Å². The fourth-order valence-corrected chi connectivity index (χ4v) is 5.58. The summed E-state index contributed by atoms with van der Waals surface area (Å²) >= 11 is 0. The Bertz CT molecular complexity index is 1170. The number of nitrogens with zero attached hydrogens (tertiary/aromatic N) is 5. The Morgan fingerprint density at radius 1 is 1.21 bits per heavy atom. The zero-order valence-corrected chi connectivity index (χ0v) is 23.3. The van der Waals surface area contributed by atoms with E-state index in [9.17, 15) is 4.79 Å². The lowest BCUT2D eigenvalue weighted by atomic mass is 9.88. The van der Waals surface area contributed by atoms with E-state index in [1.54, 1.807) is 22.2 Å². The highest BCUT2D eigenvalue weighted by molar-refractivity contribution is 5.75. The maximum absolute atomic E-state index is 15.3. The summed E-state index contributed by atoms with van der Waals surface area (Å²) < 4.78 is 25.8. The molecule has 1 aromatic rings. The molecule has 3 saturated heterocycles. The van der Waals surface area contributed by atoms with Crippen LogP contribution in [0.4, 0.5) is 9.18 Å². The van der Waals surface area contributed by atoms with Gasteiger partial charge in [-0.25, -0.2) is 14.2 Å². The van der Waals surface area contributed by atoms with Gasteiger partial charge in [0.15, 0.2) is 6.10 Å². The van der Waals surface area contributed by atoms with Gasteiger partial charge < -0.3 is 24.2 Å². The molecule has 8 nitrogen and oxygen atoms in total. The molecule has 5 rings (SSSR count). The van der Waals surface area contributed by atoms with E-state index < -0.39 is 0 Å². The van der Waals surface area contributed by atoms with Crippen LogP contribution in [0, 0.1) is 5.82 Å². The molecule has 4 aliphatic heterocycles. The summed E-state index contributed by atoms with van der Waals surface area (Å²) in [6.45, 7) is 16.1. The molecule has 1 atom stereocenters.